The fourth-order valence-corrected chi connectivity index (χ4v) is 1.62. The molecule has 0 aliphatic rings. The zero-order valence-electron chi connectivity index (χ0n) is 10.00. The molecule has 0 spiro atoms. The van der Waals surface area contributed by atoms with Crippen LogP contribution in [0.15, 0.2) is 24.5 Å². The standard InChI is InChI=1S/C12H13N5O/c1-18-11-4-9(2-3-10(11)5-13)7-17-8-15-12(6-14)16-17/h2-4,8H,6-7,14H2,1H3. The first-order chi connectivity index (χ1) is 8.76. The van der Waals surface area contributed by atoms with Gasteiger partial charge < -0.3 is 10.5 Å². The number of hydrogen-bond donors (Lipinski definition) is 1. The summed E-state index contributed by atoms with van der Waals surface area (Å²) in [4.78, 5) is 4.05. The maximum Gasteiger partial charge on any atom is 0.164 e. The first-order valence-corrected chi connectivity index (χ1v) is 5.42. The minimum atomic E-state index is 0.323. The van der Waals surface area contributed by atoms with E-state index in [0.29, 0.717) is 30.2 Å². The van der Waals surface area contributed by atoms with E-state index in [1.54, 1.807) is 24.2 Å². The van der Waals surface area contributed by atoms with Crippen molar-refractivity contribution in [2.75, 3.05) is 7.11 Å². The Morgan fingerprint density at radius 3 is 2.94 bits per heavy atom. The molecule has 2 rings (SSSR count). The van der Waals surface area contributed by atoms with Gasteiger partial charge in [-0.3, -0.25) is 0 Å². The second-order valence-electron chi connectivity index (χ2n) is 3.71. The number of nitriles is 1. The van der Waals surface area contributed by atoms with Crippen LogP contribution in [0.1, 0.15) is 17.0 Å². The molecule has 18 heavy (non-hydrogen) atoms. The van der Waals surface area contributed by atoms with Gasteiger partial charge >= 0.3 is 0 Å². The molecule has 0 atom stereocenters. The predicted molar refractivity (Wildman–Crippen MR) is 64.7 cm³/mol. The highest BCUT2D eigenvalue weighted by Crippen LogP contribution is 2.19. The molecule has 92 valence electrons. The normalized spacial score (nSPS) is 10.1. The fourth-order valence-electron chi connectivity index (χ4n) is 1.62. The summed E-state index contributed by atoms with van der Waals surface area (Å²) in [6, 6.07) is 7.49. The van der Waals surface area contributed by atoms with Crippen molar-refractivity contribution in [2.45, 2.75) is 13.1 Å². The Labute approximate surface area is 105 Å². The minimum Gasteiger partial charge on any atom is -0.495 e. The average Bonchev–Trinajstić information content (AvgIpc) is 2.86. The maximum absolute atomic E-state index is 8.89. The maximum atomic E-state index is 8.89. The second-order valence-corrected chi connectivity index (χ2v) is 3.71. The Balaban J connectivity index is 2.22. The van der Waals surface area contributed by atoms with Crippen LogP contribution in [-0.4, -0.2) is 21.9 Å². The molecule has 2 aromatic rings. The monoisotopic (exact) mass is 243 g/mol. The summed E-state index contributed by atoms with van der Waals surface area (Å²) in [5, 5.41) is 13.1. The molecule has 0 radical (unpaired) electrons. The van der Waals surface area contributed by atoms with Crippen molar-refractivity contribution >= 4 is 0 Å². The number of nitrogens with zero attached hydrogens (tertiary/aromatic N) is 4. The smallest absolute Gasteiger partial charge is 0.164 e. The van der Waals surface area contributed by atoms with Crippen LogP contribution >= 0.6 is 0 Å². The van der Waals surface area contributed by atoms with Gasteiger partial charge in [0.1, 0.15) is 18.1 Å². The highest BCUT2D eigenvalue weighted by molar-refractivity contribution is 5.45. The Hall–Kier alpha value is -2.39. The van der Waals surface area contributed by atoms with Crippen LogP contribution in [0, 0.1) is 11.3 Å². The lowest BCUT2D eigenvalue weighted by molar-refractivity contribution is 0.412. The highest BCUT2D eigenvalue weighted by atomic mass is 16.5. The van der Waals surface area contributed by atoms with Crippen molar-refractivity contribution in [3.05, 3.63) is 41.5 Å². The van der Waals surface area contributed by atoms with E-state index in [4.69, 9.17) is 15.7 Å². The van der Waals surface area contributed by atoms with Crippen molar-refractivity contribution in [2.24, 2.45) is 5.73 Å². The van der Waals surface area contributed by atoms with E-state index in [2.05, 4.69) is 16.2 Å². The highest BCUT2D eigenvalue weighted by Gasteiger charge is 2.05. The zero-order chi connectivity index (χ0) is 13.0. The Morgan fingerprint density at radius 2 is 2.33 bits per heavy atom. The molecule has 0 unspecified atom stereocenters. The summed E-state index contributed by atoms with van der Waals surface area (Å²) in [5.41, 5.74) is 6.95. The van der Waals surface area contributed by atoms with Crippen molar-refractivity contribution in [3.63, 3.8) is 0 Å². The van der Waals surface area contributed by atoms with Gasteiger partial charge in [0.15, 0.2) is 5.82 Å². The molecule has 0 saturated heterocycles. The number of rotatable bonds is 4. The van der Waals surface area contributed by atoms with Crippen LogP contribution in [0.3, 0.4) is 0 Å². The third-order valence-electron chi connectivity index (χ3n) is 2.50. The molecule has 0 saturated carbocycles. The topological polar surface area (TPSA) is 89.8 Å². The van der Waals surface area contributed by atoms with Crippen molar-refractivity contribution in [1.29, 1.82) is 5.26 Å². The van der Waals surface area contributed by atoms with Gasteiger partial charge in [-0.25, -0.2) is 9.67 Å². The van der Waals surface area contributed by atoms with Gasteiger partial charge in [-0.1, -0.05) is 6.07 Å². The first-order valence-electron chi connectivity index (χ1n) is 5.42. The van der Waals surface area contributed by atoms with Crippen molar-refractivity contribution in [3.8, 4) is 11.8 Å². The lowest BCUT2D eigenvalue weighted by Gasteiger charge is -2.06. The number of nitrogens with two attached hydrogens (primary N) is 1. The third kappa shape index (κ3) is 2.47. The van der Waals surface area contributed by atoms with Crippen molar-refractivity contribution in [1.82, 2.24) is 14.8 Å². The molecule has 2 N–H and O–H groups in total. The van der Waals surface area contributed by atoms with Crippen LogP contribution in [0.4, 0.5) is 0 Å². The van der Waals surface area contributed by atoms with E-state index in [1.165, 1.54) is 0 Å². The van der Waals surface area contributed by atoms with Crippen LogP contribution < -0.4 is 10.5 Å². The van der Waals surface area contributed by atoms with Gasteiger partial charge in [-0.05, 0) is 17.7 Å². The molecule has 0 bridgehead atoms. The van der Waals surface area contributed by atoms with Gasteiger partial charge in [0.2, 0.25) is 0 Å². The van der Waals surface area contributed by atoms with Gasteiger partial charge in [-0.2, -0.15) is 10.4 Å². The van der Waals surface area contributed by atoms with E-state index >= 15 is 0 Å². The molecule has 6 nitrogen and oxygen atoms in total. The first kappa shape index (κ1) is 12.1. The lowest BCUT2D eigenvalue weighted by Crippen LogP contribution is -2.04. The molecule has 0 aliphatic carbocycles. The van der Waals surface area contributed by atoms with E-state index in [0.717, 1.165) is 5.56 Å². The molecule has 1 aromatic heterocycles. The molecule has 0 amide bonds. The second kappa shape index (κ2) is 5.29. The Morgan fingerprint density at radius 1 is 1.50 bits per heavy atom. The number of ether oxygens (including phenoxy) is 1. The molecule has 1 aromatic carbocycles. The molecule has 6 heteroatoms. The number of methoxy groups -OCH3 is 1. The summed E-state index contributed by atoms with van der Waals surface area (Å²) in [6.07, 6.45) is 1.63. The van der Waals surface area contributed by atoms with E-state index in [1.807, 2.05) is 12.1 Å². The van der Waals surface area contributed by atoms with Crippen LogP contribution in [0.25, 0.3) is 0 Å². The summed E-state index contributed by atoms with van der Waals surface area (Å²) in [5.74, 6) is 1.17. The molecular weight excluding hydrogens is 230 g/mol. The Bertz CT molecular complexity index is 584. The van der Waals surface area contributed by atoms with Gasteiger partial charge in [-0.15, -0.1) is 0 Å². The lowest BCUT2D eigenvalue weighted by atomic mass is 10.1. The largest absolute Gasteiger partial charge is 0.495 e. The average molecular weight is 243 g/mol. The predicted octanol–water partition coefficient (Wildman–Crippen LogP) is 0.665. The van der Waals surface area contributed by atoms with Crippen LogP contribution in [0.5, 0.6) is 5.75 Å². The summed E-state index contributed by atoms with van der Waals surface area (Å²) < 4.78 is 6.85. The van der Waals surface area contributed by atoms with Gasteiger partial charge in [0, 0.05) is 0 Å². The summed E-state index contributed by atoms with van der Waals surface area (Å²) in [7, 11) is 1.54. The summed E-state index contributed by atoms with van der Waals surface area (Å²) in [6.45, 7) is 0.888. The molecule has 0 fully saturated rings. The number of benzene rings is 1. The molecule has 0 aliphatic heterocycles. The quantitative estimate of drug-likeness (QED) is 0.852. The Kier molecular flexibility index (Phi) is 3.55. The van der Waals surface area contributed by atoms with Crippen LogP contribution in [0.2, 0.25) is 0 Å². The molecular formula is C12H13N5O. The van der Waals surface area contributed by atoms with Gasteiger partial charge in [0.25, 0.3) is 0 Å². The zero-order valence-corrected chi connectivity index (χ0v) is 10.00. The minimum absolute atomic E-state index is 0.323. The fraction of sp³-hybridized carbons (Fsp3) is 0.250. The van der Waals surface area contributed by atoms with Crippen molar-refractivity contribution < 1.29 is 4.74 Å². The third-order valence-corrected chi connectivity index (χ3v) is 2.50. The van der Waals surface area contributed by atoms with E-state index < -0.39 is 0 Å². The van der Waals surface area contributed by atoms with Crippen LogP contribution in [-0.2, 0) is 13.1 Å². The molecule has 1 heterocycles. The SMILES string of the molecule is COc1cc(Cn2cnc(CN)n2)ccc1C#N. The number of aromatic nitrogens is 3. The van der Waals surface area contributed by atoms with E-state index in [9.17, 15) is 0 Å². The summed E-state index contributed by atoms with van der Waals surface area (Å²) >= 11 is 0. The number of hydrogen-bond acceptors (Lipinski definition) is 5. The van der Waals surface area contributed by atoms with E-state index in [-0.39, 0.29) is 0 Å². The van der Waals surface area contributed by atoms with Gasteiger partial charge in [0.05, 0.1) is 25.8 Å².